The number of rotatable bonds is 20. The number of unbranched alkanes of at least 4 members (excludes halogenated alkanes) is 4. The average Bonchev–Trinajstić information content (AvgIpc) is 2.94. The second-order valence-corrected chi connectivity index (χ2v) is 14.4. The quantitative estimate of drug-likeness (QED) is 0.109. The van der Waals surface area contributed by atoms with Gasteiger partial charge in [-0.15, -0.1) is 0 Å². The van der Waals surface area contributed by atoms with E-state index in [1.54, 1.807) is 0 Å². The molecule has 0 saturated carbocycles. The maximum Gasteiger partial charge on any atom is 0.163 e. The molecule has 3 atom stereocenters. The minimum absolute atomic E-state index is 0.0442. The first-order valence-corrected chi connectivity index (χ1v) is 18.7. The van der Waals surface area contributed by atoms with Gasteiger partial charge in [0.05, 0.1) is 6.42 Å². The third-order valence-corrected chi connectivity index (χ3v) is 9.79. The third kappa shape index (κ3) is 12.9. The van der Waals surface area contributed by atoms with Gasteiger partial charge in [0.15, 0.2) is 5.78 Å². The number of hydrogen-bond donors (Lipinski definition) is 0. The largest absolute Gasteiger partial charge is 0.300 e. The van der Waals surface area contributed by atoms with E-state index in [0.29, 0.717) is 24.0 Å². The number of carbonyl (C=O) groups excluding carboxylic acids is 3. The van der Waals surface area contributed by atoms with Gasteiger partial charge in [-0.1, -0.05) is 132 Å². The molecule has 0 bridgehead atoms. The van der Waals surface area contributed by atoms with Gasteiger partial charge in [-0.05, 0) is 85.5 Å². The van der Waals surface area contributed by atoms with Crippen LogP contribution in [0.25, 0.3) is 0 Å². The molecule has 0 amide bonds. The molecule has 44 heavy (non-hydrogen) atoms. The van der Waals surface area contributed by atoms with Crippen molar-refractivity contribution in [3.05, 3.63) is 33.9 Å². The summed E-state index contributed by atoms with van der Waals surface area (Å²) >= 11 is 0. The van der Waals surface area contributed by atoms with E-state index in [2.05, 4.69) is 68.4 Å². The number of carbonyl (C=O) groups is 3. The van der Waals surface area contributed by atoms with Crippen LogP contribution in [0.15, 0.2) is 6.07 Å². The Balaban J connectivity index is 0.00000309. The molecule has 0 radical (unpaired) electrons. The predicted molar refractivity (Wildman–Crippen MR) is 190 cm³/mol. The van der Waals surface area contributed by atoms with Gasteiger partial charge in [-0.25, -0.2) is 0 Å². The molecule has 252 valence electrons. The zero-order chi connectivity index (χ0) is 33.2. The molecule has 0 fully saturated rings. The molecule has 1 aromatic carbocycles. The Morgan fingerprint density at radius 1 is 0.864 bits per heavy atom. The molecule has 0 heterocycles. The van der Waals surface area contributed by atoms with Crippen LogP contribution in [0, 0.1) is 30.6 Å². The highest BCUT2D eigenvalue weighted by molar-refractivity contribution is 6.01. The average molecular weight is 611 g/mol. The smallest absolute Gasteiger partial charge is 0.163 e. The van der Waals surface area contributed by atoms with Gasteiger partial charge < -0.3 is 0 Å². The molecule has 0 aromatic heterocycles. The number of fused-ring (bicyclic) bond motifs is 1. The fraction of sp³-hybridized carbons (Fsp3) is 0.780. The van der Waals surface area contributed by atoms with Crippen molar-refractivity contribution in [3.63, 3.8) is 0 Å². The van der Waals surface area contributed by atoms with Crippen LogP contribution in [-0.2, 0) is 22.4 Å². The molecule has 0 saturated heterocycles. The van der Waals surface area contributed by atoms with E-state index < -0.39 is 0 Å². The van der Waals surface area contributed by atoms with E-state index in [0.717, 1.165) is 44.1 Å². The molecule has 0 aliphatic heterocycles. The zero-order valence-electron chi connectivity index (χ0n) is 30.7. The normalized spacial score (nSPS) is 16.0. The van der Waals surface area contributed by atoms with Gasteiger partial charge in [0.2, 0.25) is 0 Å². The van der Waals surface area contributed by atoms with Crippen LogP contribution >= 0.6 is 0 Å². The summed E-state index contributed by atoms with van der Waals surface area (Å²) in [5, 5.41) is 0. The first-order chi connectivity index (χ1) is 21.0. The van der Waals surface area contributed by atoms with Gasteiger partial charge >= 0.3 is 0 Å². The van der Waals surface area contributed by atoms with E-state index in [4.69, 9.17) is 0 Å². The topological polar surface area (TPSA) is 51.2 Å². The van der Waals surface area contributed by atoms with Gasteiger partial charge in [-0.3, -0.25) is 14.4 Å². The lowest BCUT2D eigenvalue weighted by Crippen LogP contribution is -2.30. The van der Waals surface area contributed by atoms with Gasteiger partial charge in [-0.2, -0.15) is 0 Å². The Morgan fingerprint density at radius 2 is 1.45 bits per heavy atom. The lowest BCUT2D eigenvalue weighted by atomic mass is 9.70. The Morgan fingerprint density at radius 3 is 1.93 bits per heavy atom. The highest BCUT2D eigenvalue weighted by atomic mass is 16.1. The van der Waals surface area contributed by atoms with Crippen molar-refractivity contribution in [1.82, 2.24) is 0 Å². The summed E-state index contributed by atoms with van der Waals surface area (Å²) in [7, 11) is 0. The minimum Gasteiger partial charge on any atom is -0.300 e. The van der Waals surface area contributed by atoms with Crippen LogP contribution in [0.2, 0.25) is 0 Å². The van der Waals surface area contributed by atoms with Gasteiger partial charge in [0.25, 0.3) is 0 Å². The Labute approximate surface area is 273 Å². The highest BCUT2D eigenvalue weighted by Crippen LogP contribution is 2.40. The molecule has 3 unspecified atom stereocenters. The predicted octanol–water partition coefficient (Wildman–Crippen LogP) is 12.0. The first-order valence-electron chi connectivity index (χ1n) is 18.7. The van der Waals surface area contributed by atoms with Crippen molar-refractivity contribution in [2.24, 2.45) is 23.7 Å². The van der Waals surface area contributed by atoms with Crippen LogP contribution in [-0.4, -0.2) is 17.3 Å². The van der Waals surface area contributed by atoms with E-state index in [9.17, 15) is 14.4 Å². The molecule has 0 spiro atoms. The van der Waals surface area contributed by atoms with Crippen molar-refractivity contribution < 1.29 is 14.4 Å². The van der Waals surface area contributed by atoms with E-state index in [1.807, 2.05) is 0 Å². The van der Waals surface area contributed by atoms with Crippen molar-refractivity contribution in [2.45, 2.75) is 184 Å². The number of benzene rings is 1. The van der Waals surface area contributed by atoms with Gasteiger partial charge in [0, 0.05) is 17.9 Å². The molecule has 3 nitrogen and oxygen atoms in total. The Hall–Kier alpha value is -1.77. The summed E-state index contributed by atoms with van der Waals surface area (Å²) in [4.78, 5) is 38.6. The van der Waals surface area contributed by atoms with Crippen molar-refractivity contribution in [3.8, 4) is 0 Å². The third-order valence-electron chi connectivity index (χ3n) is 9.79. The fourth-order valence-electron chi connectivity index (χ4n) is 7.64. The lowest BCUT2D eigenvalue weighted by molar-refractivity contribution is -0.129. The van der Waals surface area contributed by atoms with Gasteiger partial charge in [0.1, 0.15) is 11.6 Å². The van der Waals surface area contributed by atoms with E-state index >= 15 is 0 Å². The van der Waals surface area contributed by atoms with Crippen LogP contribution in [0.1, 0.15) is 197 Å². The highest BCUT2D eigenvalue weighted by Gasteiger charge is 2.35. The molecular formula is C41H70O3. The molecular weight excluding hydrogens is 540 g/mol. The van der Waals surface area contributed by atoms with Crippen molar-refractivity contribution >= 4 is 17.3 Å². The molecule has 3 heteroatoms. The van der Waals surface area contributed by atoms with E-state index in [-0.39, 0.29) is 35.7 Å². The molecule has 1 aromatic rings. The summed E-state index contributed by atoms with van der Waals surface area (Å²) in [5.74, 6) is 1.86. The molecule has 2 rings (SSSR count). The van der Waals surface area contributed by atoms with Crippen LogP contribution < -0.4 is 0 Å². The summed E-state index contributed by atoms with van der Waals surface area (Å²) in [6.07, 6.45) is 17.9. The Bertz CT molecular complexity index is 994. The van der Waals surface area contributed by atoms with E-state index in [1.165, 1.54) is 87.0 Å². The SMILES string of the molecule is CCC.CCCCCC(CCCCC)Cc1cc(C(C)C)c2c(c1C)C(=O)CC(CC(CCC)C(CC)C(=O)CC(C)=O)C2. The zero-order valence-corrected chi connectivity index (χ0v) is 30.7. The minimum atomic E-state index is -0.0821. The summed E-state index contributed by atoms with van der Waals surface area (Å²) < 4.78 is 0. The second-order valence-electron chi connectivity index (χ2n) is 14.4. The first kappa shape index (κ1) is 40.3. The maximum absolute atomic E-state index is 13.9. The molecule has 1 aliphatic carbocycles. The summed E-state index contributed by atoms with van der Waals surface area (Å²) in [5.41, 5.74) is 6.31. The van der Waals surface area contributed by atoms with Crippen LogP contribution in [0.3, 0.4) is 0 Å². The second kappa shape index (κ2) is 21.9. The summed E-state index contributed by atoms with van der Waals surface area (Å²) in [6.45, 7) is 21.3. The Kier molecular flexibility index (Phi) is 20.0. The molecule has 1 aliphatic rings. The fourth-order valence-corrected chi connectivity index (χ4v) is 7.64. The number of Topliss-reactive ketones (excluding diaryl/α,β-unsaturated/α-hetero) is 3. The standard InChI is InChI=1S/C38H62O3.C3H8/c1-9-13-15-18-29(19-16-14-10-2)21-32-25-34(26(5)6)35-23-30(24-37(41)38(35)28(32)8)22-31(17-11-3)33(12-4)36(40)20-27(7)39;1-3-2/h25-26,29-31,33H,9-24H2,1-8H3;3H2,1-2H3. The molecule has 0 N–H and O–H groups in total. The number of ketones is 3. The monoisotopic (exact) mass is 611 g/mol. The van der Waals surface area contributed by atoms with Crippen LogP contribution in [0.5, 0.6) is 0 Å². The van der Waals surface area contributed by atoms with Crippen molar-refractivity contribution in [1.29, 1.82) is 0 Å². The summed E-state index contributed by atoms with van der Waals surface area (Å²) in [6, 6.07) is 2.47. The van der Waals surface area contributed by atoms with Crippen LogP contribution in [0.4, 0.5) is 0 Å². The number of hydrogen-bond acceptors (Lipinski definition) is 3. The lowest BCUT2D eigenvalue weighted by Gasteiger charge is -2.34. The maximum atomic E-state index is 13.9. The van der Waals surface area contributed by atoms with Crippen molar-refractivity contribution in [2.75, 3.05) is 0 Å².